The van der Waals surface area contributed by atoms with Gasteiger partial charge in [-0.3, -0.25) is 4.79 Å². The third-order valence-corrected chi connectivity index (χ3v) is 6.58. The molecule has 1 amide bonds. The molecule has 32 heavy (non-hydrogen) atoms. The Hall–Kier alpha value is -3.72. The van der Waals surface area contributed by atoms with Crippen LogP contribution >= 0.6 is 11.3 Å². The van der Waals surface area contributed by atoms with E-state index in [0.29, 0.717) is 23.6 Å². The Bertz CT molecular complexity index is 1240. The molecule has 0 aliphatic carbocycles. The second-order valence-corrected chi connectivity index (χ2v) is 8.36. The SMILES string of the molecule is COc1cc2c(cc1OC)[C@@H](c1cccs1)N(C(=O)c1cccc(-n3cnnn3)c1)CC2. The van der Waals surface area contributed by atoms with E-state index in [2.05, 4.69) is 21.6 Å². The number of nitrogens with zero attached hydrogens (tertiary/aromatic N) is 5. The van der Waals surface area contributed by atoms with E-state index in [-0.39, 0.29) is 11.9 Å². The van der Waals surface area contributed by atoms with Crippen molar-refractivity contribution in [3.8, 4) is 17.2 Å². The van der Waals surface area contributed by atoms with E-state index in [9.17, 15) is 4.79 Å². The lowest BCUT2D eigenvalue weighted by Crippen LogP contribution is -2.40. The van der Waals surface area contributed by atoms with E-state index >= 15 is 0 Å². The van der Waals surface area contributed by atoms with Gasteiger partial charge in [0.25, 0.3) is 5.91 Å². The van der Waals surface area contributed by atoms with E-state index in [4.69, 9.17) is 9.47 Å². The van der Waals surface area contributed by atoms with Crippen LogP contribution in [0.4, 0.5) is 0 Å². The molecule has 3 heterocycles. The molecule has 0 unspecified atom stereocenters. The molecule has 2 aromatic heterocycles. The van der Waals surface area contributed by atoms with Crippen LogP contribution in [-0.4, -0.2) is 51.8 Å². The molecule has 1 atom stereocenters. The predicted octanol–water partition coefficient (Wildman–Crippen LogP) is 3.53. The highest BCUT2D eigenvalue weighted by molar-refractivity contribution is 7.10. The van der Waals surface area contributed by atoms with Crippen molar-refractivity contribution in [1.82, 2.24) is 25.1 Å². The van der Waals surface area contributed by atoms with Crippen LogP contribution in [0.1, 0.15) is 32.4 Å². The van der Waals surface area contributed by atoms with Gasteiger partial charge < -0.3 is 14.4 Å². The van der Waals surface area contributed by atoms with Crippen LogP contribution < -0.4 is 9.47 Å². The molecular weight excluding hydrogens is 426 g/mol. The maximum Gasteiger partial charge on any atom is 0.254 e. The molecule has 0 spiro atoms. The first kappa shape index (κ1) is 20.2. The summed E-state index contributed by atoms with van der Waals surface area (Å²) in [5.41, 5.74) is 3.54. The minimum atomic E-state index is -0.206. The van der Waals surface area contributed by atoms with Crippen molar-refractivity contribution in [1.29, 1.82) is 0 Å². The molecule has 8 nitrogen and oxygen atoms in total. The van der Waals surface area contributed by atoms with Crippen LogP contribution in [-0.2, 0) is 6.42 Å². The minimum Gasteiger partial charge on any atom is -0.493 e. The Balaban J connectivity index is 1.57. The Labute approximate surface area is 189 Å². The number of aromatic nitrogens is 4. The van der Waals surface area contributed by atoms with Crippen LogP contribution in [0.3, 0.4) is 0 Å². The average molecular weight is 448 g/mol. The monoisotopic (exact) mass is 447 g/mol. The van der Waals surface area contributed by atoms with Gasteiger partial charge in [-0.1, -0.05) is 12.1 Å². The Morgan fingerprint density at radius 3 is 2.66 bits per heavy atom. The number of ether oxygens (including phenoxy) is 2. The maximum absolute atomic E-state index is 13.7. The zero-order valence-electron chi connectivity index (χ0n) is 17.6. The molecule has 0 saturated heterocycles. The number of carbonyl (C=O) groups excluding carboxylic acids is 1. The van der Waals surface area contributed by atoms with Gasteiger partial charge in [-0.15, -0.1) is 16.4 Å². The van der Waals surface area contributed by atoms with Crippen LogP contribution in [0.2, 0.25) is 0 Å². The standard InChI is InChI=1S/C23H21N5O3S/c1-30-19-12-15-8-9-27(22(21-7-4-10-32-21)18(15)13-20(19)31-2)23(29)16-5-3-6-17(11-16)28-14-24-25-26-28/h3-7,10-14,22H,8-9H2,1-2H3/t22-/m0/s1. The predicted molar refractivity (Wildman–Crippen MR) is 120 cm³/mol. The zero-order valence-corrected chi connectivity index (χ0v) is 18.5. The van der Waals surface area contributed by atoms with Crippen LogP contribution in [0.5, 0.6) is 11.5 Å². The number of fused-ring (bicyclic) bond motifs is 1. The van der Waals surface area contributed by atoms with Gasteiger partial charge in [0, 0.05) is 17.0 Å². The van der Waals surface area contributed by atoms with Gasteiger partial charge in [-0.05, 0) is 69.8 Å². The molecule has 2 aromatic carbocycles. The highest BCUT2D eigenvalue weighted by Gasteiger charge is 2.34. The van der Waals surface area contributed by atoms with Gasteiger partial charge in [-0.2, -0.15) is 0 Å². The lowest BCUT2D eigenvalue weighted by atomic mass is 9.90. The first-order chi connectivity index (χ1) is 15.7. The van der Waals surface area contributed by atoms with Gasteiger partial charge in [-0.25, -0.2) is 4.68 Å². The highest BCUT2D eigenvalue weighted by Crippen LogP contribution is 2.42. The molecular formula is C23H21N5O3S. The summed E-state index contributed by atoms with van der Waals surface area (Å²) >= 11 is 1.64. The number of methoxy groups -OCH3 is 2. The fourth-order valence-electron chi connectivity index (χ4n) is 4.15. The van der Waals surface area contributed by atoms with E-state index in [1.807, 2.05) is 52.7 Å². The van der Waals surface area contributed by atoms with Gasteiger partial charge in [0.2, 0.25) is 0 Å². The quantitative estimate of drug-likeness (QED) is 0.466. The lowest BCUT2D eigenvalue weighted by molar-refractivity contribution is 0.0697. The molecule has 0 fully saturated rings. The van der Waals surface area contributed by atoms with Crippen molar-refractivity contribution in [2.45, 2.75) is 12.5 Å². The molecule has 1 aliphatic rings. The third kappa shape index (κ3) is 3.50. The molecule has 1 aliphatic heterocycles. The fraction of sp³-hybridized carbons (Fsp3) is 0.217. The van der Waals surface area contributed by atoms with E-state index < -0.39 is 0 Å². The largest absolute Gasteiger partial charge is 0.493 e. The Morgan fingerprint density at radius 1 is 1.09 bits per heavy atom. The molecule has 9 heteroatoms. The summed E-state index contributed by atoms with van der Waals surface area (Å²) < 4.78 is 12.6. The van der Waals surface area contributed by atoms with Crippen molar-refractivity contribution in [2.75, 3.05) is 20.8 Å². The molecule has 5 rings (SSSR count). The van der Waals surface area contributed by atoms with Crippen molar-refractivity contribution in [2.24, 2.45) is 0 Å². The number of thiophene rings is 1. The summed E-state index contributed by atoms with van der Waals surface area (Å²) in [6, 6.07) is 15.2. The van der Waals surface area contributed by atoms with Crippen molar-refractivity contribution < 1.29 is 14.3 Å². The topological polar surface area (TPSA) is 82.4 Å². The summed E-state index contributed by atoms with van der Waals surface area (Å²) in [4.78, 5) is 16.8. The summed E-state index contributed by atoms with van der Waals surface area (Å²) in [6.45, 7) is 0.596. The van der Waals surface area contributed by atoms with Crippen LogP contribution in [0, 0.1) is 0 Å². The summed E-state index contributed by atoms with van der Waals surface area (Å²) in [6.07, 6.45) is 2.24. The Kier molecular flexibility index (Phi) is 5.32. The van der Waals surface area contributed by atoms with Gasteiger partial charge in [0.15, 0.2) is 11.5 Å². The molecule has 0 N–H and O–H groups in total. The highest BCUT2D eigenvalue weighted by atomic mass is 32.1. The third-order valence-electron chi connectivity index (χ3n) is 5.65. The van der Waals surface area contributed by atoms with Crippen molar-refractivity contribution in [3.05, 3.63) is 81.8 Å². The summed E-state index contributed by atoms with van der Waals surface area (Å²) in [7, 11) is 3.26. The van der Waals surface area contributed by atoms with Gasteiger partial charge in [0.05, 0.1) is 25.9 Å². The first-order valence-corrected chi connectivity index (χ1v) is 11.0. The molecule has 0 bridgehead atoms. The smallest absolute Gasteiger partial charge is 0.254 e. The van der Waals surface area contributed by atoms with Crippen LogP contribution in [0.25, 0.3) is 5.69 Å². The number of rotatable bonds is 5. The summed E-state index contributed by atoms with van der Waals surface area (Å²) in [5.74, 6) is 1.31. The number of carbonyl (C=O) groups is 1. The van der Waals surface area contributed by atoms with E-state index in [0.717, 1.165) is 28.1 Å². The number of tetrazole rings is 1. The average Bonchev–Trinajstić information content (AvgIpc) is 3.56. The molecule has 0 radical (unpaired) electrons. The normalized spacial score (nSPS) is 15.3. The number of hydrogen-bond acceptors (Lipinski definition) is 7. The fourth-order valence-corrected chi connectivity index (χ4v) is 5.00. The van der Waals surface area contributed by atoms with E-state index in [1.165, 1.54) is 11.0 Å². The lowest BCUT2D eigenvalue weighted by Gasteiger charge is -2.37. The summed E-state index contributed by atoms with van der Waals surface area (Å²) in [5, 5.41) is 13.3. The Morgan fingerprint density at radius 2 is 1.94 bits per heavy atom. The maximum atomic E-state index is 13.7. The van der Waals surface area contributed by atoms with Gasteiger partial charge in [0.1, 0.15) is 6.33 Å². The number of hydrogen-bond donors (Lipinski definition) is 0. The minimum absolute atomic E-state index is 0.0428. The molecule has 4 aromatic rings. The van der Waals surface area contributed by atoms with Gasteiger partial charge >= 0.3 is 0 Å². The molecule has 0 saturated carbocycles. The van der Waals surface area contributed by atoms with E-state index in [1.54, 1.807) is 25.6 Å². The second kappa shape index (κ2) is 8.43. The second-order valence-electron chi connectivity index (χ2n) is 7.38. The molecule has 162 valence electrons. The number of benzene rings is 2. The van der Waals surface area contributed by atoms with Crippen LogP contribution in [0.15, 0.2) is 60.2 Å². The number of amides is 1. The van der Waals surface area contributed by atoms with Crippen molar-refractivity contribution >= 4 is 17.2 Å². The first-order valence-electron chi connectivity index (χ1n) is 10.1. The van der Waals surface area contributed by atoms with Crippen molar-refractivity contribution in [3.63, 3.8) is 0 Å². The zero-order chi connectivity index (χ0) is 22.1.